The van der Waals surface area contributed by atoms with Crippen LogP contribution in [0.1, 0.15) is 11.1 Å². The summed E-state index contributed by atoms with van der Waals surface area (Å²) in [4.78, 5) is 12.7. The molecule has 9 heteroatoms. The van der Waals surface area contributed by atoms with Crippen LogP contribution in [0.3, 0.4) is 0 Å². The van der Waals surface area contributed by atoms with Gasteiger partial charge in [-0.2, -0.15) is 4.31 Å². The first-order valence-electron chi connectivity index (χ1n) is 8.70. The van der Waals surface area contributed by atoms with E-state index in [1.807, 2.05) is 0 Å². The summed E-state index contributed by atoms with van der Waals surface area (Å²) in [5.74, 6) is -2.39. The van der Waals surface area contributed by atoms with Crippen LogP contribution >= 0.6 is 0 Å². The summed E-state index contributed by atoms with van der Waals surface area (Å²) in [5, 5.41) is 8.99. The van der Waals surface area contributed by atoms with Gasteiger partial charge in [-0.05, 0) is 42.3 Å². The van der Waals surface area contributed by atoms with Gasteiger partial charge in [0.25, 0.3) is 0 Å². The van der Waals surface area contributed by atoms with Crippen molar-refractivity contribution in [3.8, 4) is 0 Å². The van der Waals surface area contributed by atoms with E-state index in [9.17, 15) is 22.0 Å². The average Bonchev–Trinajstić information content (AvgIpc) is 2.63. The number of aliphatic carboxylic acids is 1. The molecule has 3 rings (SSSR count). The van der Waals surface area contributed by atoms with Crippen LogP contribution in [0.15, 0.2) is 41.3 Å². The van der Waals surface area contributed by atoms with E-state index in [1.54, 1.807) is 17.9 Å². The van der Waals surface area contributed by atoms with Gasteiger partial charge in [0, 0.05) is 32.2 Å². The number of rotatable bonds is 5. The molecule has 2 aromatic rings. The molecule has 1 fully saturated rings. The smallest absolute Gasteiger partial charge is 0.307 e. The normalized spacial score (nSPS) is 15.6. The van der Waals surface area contributed by atoms with Crippen molar-refractivity contribution in [3.05, 3.63) is 59.2 Å². The van der Waals surface area contributed by atoms with Crippen LogP contribution in [-0.2, 0) is 21.2 Å². The number of carbonyl (C=O) groups is 1. The Morgan fingerprint density at radius 3 is 2.36 bits per heavy atom. The molecule has 0 amide bonds. The van der Waals surface area contributed by atoms with E-state index in [-0.39, 0.29) is 43.2 Å². The summed E-state index contributed by atoms with van der Waals surface area (Å²) in [6.07, 6.45) is -0.257. The summed E-state index contributed by atoms with van der Waals surface area (Å²) in [7, 11) is -3.80. The first kappa shape index (κ1) is 20.2. The first-order valence-corrected chi connectivity index (χ1v) is 10.1. The zero-order valence-electron chi connectivity index (χ0n) is 15.2. The number of carboxylic acid groups (broad SMARTS) is 1. The molecule has 0 aliphatic carbocycles. The van der Waals surface area contributed by atoms with Crippen LogP contribution in [0.4, 0.5) is 14.5 Å². The molecule has 2 aromatic carbocycles. The second-order valence-electron chi connectivity index (χ2n) is 6.65. The molecule has 1 heterocycles. The van der Waals surface area contributed by atoms with Crippen LogP contribution in [-0.4, -0.2) is 50.0 Å². The molecule has 0 atom stereocenters. The SMILES string of the molecule is Cc1ccc(S(=O)(=O)N2CCN(c3ccc(F)cc3F)CC2)cc1CC(=O)O. The quantitative estimate of drug-likeness (QED) is 0.819. The van der Waals surface area contributed by atoms with E-state index < -0.39 is 27.6 Å². The predicted molar refractivity (Wildman–Crippen MR) is 99.8 cm³/mol. The van der Waals surface area contributed by atoms with Crippen molar-refractivity contribution in [1.82, 2.24) is 4.31 Å². The van der Waals surface area contributed by atoms with Crippen molar-refractivity contribution in [2.75, 3.05) is 31.1 Å². The fraction of sp³-hybridized carbons (Fsp3) is 0.316. The molecule has 0 spiro atoms. The topological polar surface area (TPSA) is 77.9 Å². The molecule has 6 nitrogen and oxygen atoms in total. The van der Waals surface area contributed by atoms with Crippen molar-refractivity contribution >= 4 is 21.7 Å². The van der Waals surface area contributed by atoms with Gasteiger partial charge < -0.3 is 10.0 Å². The number of carboxylic acids is 1. The van der Waals surface area contributed by atoms with E-state index in [2.05, 4.69) is 0 Å². The third-order valence-corrected chi connectivity index (χ3v) is 6.68. The second kappa shape index (κ2) is 7.84. The van der Waals surface area contributed by atoms with Crippen LogP contribution in [0, 0.1) is 18.6 Å². The van der Waals surface area contributed by atoms with Gasteiger partial charge in [-0.1, -0.05) is 6.07 Å². The van der Waals surface area contributed by atoms with Crippen molar-refractivity contribution < 1.29 is 27.1 Å². The maximum Gasteiger partial charge on any atom is 0.307 e. The van der Waals surface area contributed by atoms with Crippen LogP contribution < -0.4 is 4.90 Å². The minimum Gasteiger partial charge on any atom is -0.481 e. The standard InChI is InChI=1S/C19H20F2N2O4S/c1-13-2-4-16(10-14(13)11-19(24)25)28(26,27)23-8-6-22(7-9-23)18-5-3-15(20)12-17(18)21/h2-5,10,12H,6-9,11H2,1H3,(H,24,25). The molecule has 0 aromatic heterocycles. The lowest BCUT2D eigenvalue weighted by atomic mass is 10.1. The number of piperazine rings is 1. The maximum atomic E-state index is 14.0. The number of hydrogen-bond donors (Lipinski definition) is 1. The van der Waals surface area contributed by atoms with Gasteiger partial charge in [-0.3, -0.25) is 4.79 Å². The highest BCUT2D eigenvalue weighted by Crippen LogP contribution is 2.25. The molecule has 150 valence electrons. The van der Waals surface area contributed by atoms with E-state index in [1.165, 1.54) is 22.5 Å². The minimum absolute atomic E-state index is 0.0377. The molecule has 1 aliphatic rings. The summed E-state index contributed by atoms with van der Waals surface area (Å²) < 4.78 is 54.2. The maximum absolute atomic E-state index is 14.0. The number of halogens is 2. The lowest BCUT2D eigenvalue weighted by Crippen LogP contribution is -2.48. The van der Waals surface area contributed by atoms with Crippen molar-refractivity contribution in [3.63, 3.8) is 0 Å². The molecule has 28 heavy (non-hydrogen) atoms. The zero-order chi connectivity index (χ0) is 20.5. The Labute approximate surface area is 162 Å². The molecular weight excluding hydrogens is 390 g/mol. The Bertz CT molecular complexity index is 1000. The van der Waals surface area contributed by atoms with E-state index in [0.29, 0.717) is 11.1 Å². The Hall–Kier alpha value is -2.52. The Balaban J connectivity index is 1.77. The van der Waals surface area contributed by atoms with Crippen molar-refractivity contribution in [2.45, 2.75) is 18.2 Å². The molecule has 1 saturated heterocycles. The molecule has 0 unspecified atom stereocenters. The van der Waals surface area contributed by atoms with Gasteiger partial charge in [0.15, 0.2) is 0 Å². The highest BCUT2D eigenvalue weighted by atomic mass is 32.2. The zero-order valence-corrected chi connectivity index (χ0v) is 16.0. The van der Waals surface area contributed by atoms with Gasteiger partial charge >= 0.3 is 5.97 Å². The average molecular weight is 410 g/mol. The number of hydrogen-bond acceptors (Lipinski definition) is 4. The fourth-order valence-corrected chi connectivity index (χ4v) is 4.69. The molecular formula is C19H20F2N2O4S. The second-order valence-corrected chi connectivity index (χ2v) is 8.58. The number of nitrogens with zero attached hydrogens (tertiary/aromatic N) is 2. The third-order valence-electron chi connectivity index (χ3n) is 4.79. The van der Waals surface area contributed by atoms with E-state index in [0.717, 1.165) is 12.1 Å². The largest absolute Gasteiger partial charge is 0.481 e. The van der Waals surface area contributed by atoms with Crippen molar-refractivity contribution in [1.29, 1.82) is 0 Å². The predicted octanol–water partition coefficient (Wildman–Crippen LogP) is 2.41. The van der Waals surface area contributed by atoms with Gasteiger partial charge in [0.2, 0.25) is 10.0 Å². The summed E-state index contributed by atoms with van der Waals surface area (Å²) in [6, 6.07) is 7.75. The summed E-state index contributed by atoms with van der Waals surface area (Å²) in [5.41, 5.74) is 1.39. The molecule has 0 radical (unpaired) electrons. The highest BCUT2D eigenvalue weighted by Gasteiger charge is 2.29. The highest BCUT2D eigenvalue weighted by molar-refractivity contribution is 7.89. The number of sulfonamides is 1. The fourth-order valence-electron chi connectivity index (χ4n) is 3.22. The van der Waals surface area contributed by atoms with Crippen LogP contribution in [0.2, 0.25) is 0 Å². The van der Waals surface area contributed by atoms with Gasteiger partial charge in [-0.25, -0.2) is 17.2 Å². The van der Waals surface area contributed by atoms with Crippen LogP contribution in [0.5, 0.6) is 0 Å². The third kappa shape index (κ3) is 4.15. The summed E-state index contributed by atoms with van der Waals surface area (Å²) >= 11 is 0. The number of benzene rings is 2. The van der Waals surface area contributed by atoms with Crippen molar-refractivity contribution in [2.24, 2.45) is 0 Å². The Morgan fingerprint density at radius 2 is 1.75 bits per heavy atom. The number of aryl methyl sites for hydroxylation is 1. The van der Waals surface area contributed by atoms with Gasteiger partial charge in [0.1, 0.15) is 11.6 Å². The van der Waals surface area contributed by atoms with Gasteiger partial charge in [0.05, 0.1) is 17.0 Å². The Morgan fingerprint density at radius 1 is 1.07 bits per heavy atom. The minimum atomic E-state index is -3.80. The lowest BCUT2D eigenvalue weighted by molar-refractivity contribution is -0.136. The summed E-state index contributed by atoms with van der Waals surface area (Å²) in [6.45, 7) is 2.53. The molecule has 1 N–H and O–H groups in total. The van der Waals surface area contributed by atoms with Gasteiger partial charge in [-0.15, -0.1) is 0 Å². The van der Waals surface area contributed by atoms with Crippen LogP contribution in [0.25, 0.3) is 0 Å². The Kier molecular flexibility index (Phi) is 5.66. The molecule has 0 bridgehead atoms. The lowest BCUT2D eigenvalue weighted by Gasteiger charge is -2.35. The molecule has 1 aliphatic heterocycles. The monoisotopic (exact) mass is 410 g/mol. The first-order chi connectivity index (χ1) is 13.2. The van der Waals surface area contributed by atoms with E-state index >= 15 is 0 Å². The number of anilines is 1. The van der Waals surface area contributed by atoms with E-state index in [4.69, 9.17) is 5.11 Å². The molecule has 0 saturated carbocycles.